The first-order chi connectivity index (χ1) is 57.8. The van der Waals surface area contributed by atoms with Crippen LogP contribution in [0, 0.1) is 0 Å². The second-order valence-corrected chi connectivity index (χ2v) is 35.6. The molecule has 0 saturated carbocycles. The van der Waals surface area contributed by atoms with Gasteiger partial charge in [0.05, 0.1) is 38.6 Å². The van der Waals surface area contributed by atoms with Crippen LogP contribution >= 0.6 is 0 Å². The van der Waals surface area contributed by atoms with Crippen molar-refractivity contribution in [3.63, 3.8) is 0 Å². The Kier molecular flexibility index (Phi) is 72.9. The number of carbonyl (C=O) groups is 1. The van der Waals surface area contributed by atoms with Crippen LogP contribution in [-0.2, 0) is 33.2 Å². The number of allylic oxidation sites excluding steroid dienone is 7. The Morgan fingerprint density at radius 1 is 0.297 bits per heavy atom. The average molecular weight is 1680 g/mol. The van der Waals surface area contributed by atoms with E-state index in [1.165, 1.54) is 366 Å². The summed E-state index contributed by atoms with van der Waals surface area (Å²) >= 11 is 0. The molecule has 1 amide bonds. The molecule has 12 N–H and O–H groups in total. The van der Waals surface area contributed by atoms with Crippen LogP contribution in [-0.4, -0.2) is 193 Å². The number of unbranched alkanes of at least 4 members (excludes halogenated alkanes) is 61. The van der Waals surface area contributed by atoms with Crippen LogP contribution in [0.1, 0.15) is 444 Å². The monoisotopic (exact) mass is 1680 g/mol. The van der Waals surface area contributed by atoms with Gasteiger partial charge in [-0.25, -0.2) is 0 Å². The van der Waals surface area contributed by atoms with Gasteiger partial charge in [-0.05, 0) is 70.6 Å². The van der Waals surface area contributed by atoms with Gasteiger partial charge in [0.2, 0.25) is 5.91 Å². The molecule has 0 radical (unpaired) electrons. The number of carbonyl (C=O) groups excluding carboxylic acids is 1. The van der Waals surface area contributed by atoms with Gasteiger partial charge in [-0.1, -0.05) is 416 Å². The molecule has 0 aliphatic carbocycles. The molecule has 3 rings (SSSR count). The number of rotatable bonds is 83. The van der Waals surface area contributed by atoms with E-state index in [2.05, 4.69) is 55.6 Å². The van der Waals surface area contributed by atoms with Crippen LogP contribution in [0.25, 0.3) is 0 Å². The molecule has 3 aliphatic heterocycles. The maximum absolute atomic E-state index is 13.5. The first-order valence-electron chi connectivity index (χ1n) is 49.9. The molecular formula is C99H185NO18. The highest BCUT2D eigenvalue weighted by Crippen LogP contribution is 2.34. The lowest BCUT2D eigenvalue weighted by Gasteiger charge is -2.48. The van der Waals surface area contributed by atoms with Crippen molar-refractivity contribution in [3.05, 3.63) is 48.6 Å². The summed E-state index contributed by atoms with van der Waals surface area (Å²) in [5.41, 5.74) is 0. The number of hydrogen-bond donors (Lipinski definition) is 12. The fourth-order valence-electron chi connectivity index (χ4n) is 16.9. The minimum atomic E-state index is -1.98. The highest BCUT2D eigenvalue weighted by molar-refractivity contribution is 5.76. The van der Waals surface area contributed by atoms with Crippen molar-refractivity contribution in [2.24, 2.45) is 0 Å². The van der Waals surface area contributed by atoms with E-state index in [1.54, 1.807) is 6.08 Å². The van der Waals surface area contributed by atoms with E-state index in [-0.39, 0.29) is 18.9 Å². The van der Waals surface area contributed by atoms with Crippen molar-refractivity contribution < 1.29 is 89.4 Å². The van der Waals surface area contributed by atoms with Gasteiger partial charge in [0.15, 0.2) is 18.9 Å². The van der Waals surface area contributed by atoms with Gasteiger partial charge in [0.1, 0.15) is 73.2 Å². The third kappa shape index (κ3) is 55.3. The summed E-state index contributed by atoms with van der Waals surface area (Å²) in [6.45, 7) is 1.79. The number of amides is 1. The quantitative estimate of drug-likeness (QED) is 0.0199. The molecule has 0 spiro atoms. The lowest BCUT2D eigenvalue weighted by Crippen LogP contribution is -2.66. The highest BCUT2D eigenvalue weighted by atomic mass is 16.8. The number of aliphatic hydroxyl groups is 11. The van der Waals surface area contributed by atoms with Crippen LogP contribution in [0.5, 0.6) is 0 Å². The summed E-state index contributed by atoms with van der Waals surface area (Å²) in [4.78, 5) is 13.5. The molecule has 0 bridgehead atoms. The van der Waals surface area contributed by atoms with E-state index < -0.39 is 124 Å². The van der Waals surface area contributed by atoms with E-state index in [0.29, 0.717) is 12.8 Å². The van der Waals surface area contributed by atoms with Gasteiger partial charge in [-0.2, -0.15) is 0 Å². The van der Waals surface area contributed by atoms with Gasteiger partial charge >= 0.3 is 0 Å². The Morgan fingerprint density at radius 2 is 0.542 bits per heavy atom. The van der Waals surface area contributed by atoms with E-state index in [0.717, 1.165) is 44.9 Å². The van der Waals surface area contributed by atoms with Gasteiger partial charge in [-0.3, -0.25) is 4.79 Å². The molecule has 19 heteroatoms. The Labute approximate surface area is 720 Å². The molecule has 0 aromatic rings. The lowest BCUT2D eigenvalue weighted by atomic mass is 9.96. The zero-order chi connectivity index (χ0) is 85.2. The Bertz CT molecular complexity index is 2310. The van der Waals surface area contributed by atoms with Crippen molar-refractivity contribution in [2.45, 2.75) is 548 Å². The molecule has 0 aromatic heterocycles. The molecule has 3 heterocycles. The fraction of sp³-hybridized carbons (Fsp3) is 0.909. The molecule has 19 nitrogen and oxygen atoms in total. The molecule has 3 aliphatic rings. The zero-order valence-electron chi connectivity index (χ0n) is 75.4. The van der Waals surface area contributed by atoms with E-state index in [1.807, 2.05) is 6.08 Å². The van der Waals surface area contributed by atoms with Gasteiger partial charge in [-0.15, -0.1) is 0 Å². The summed E-state index contributed by atoms with van der Waals surface area (Å²) in [5, 5.41) is 121. The van der Waals surface area contributed by atoms with Crippen molar-refractivity contribution >= 4 is 5.91 Å². The molecular weight excluding hydrogens is 1490 g/mol. The zero-order valence-corrected chi connectivity index (χ0v) is 75.4. The predicted molar refractivity (Wildman–Crippen MR) is 480 cm³/mol. The Hall–Kier alpha value is -2.25. The minimum absolute atomic E-state index is 0.236. The summed E-state index contributed by atoms with van der Waals surface area (Å²) in [5.74, 6) is -0.281. The van der Waals surface area contributed by atoms with Gasteiger partial charge in [0, 0.05) is 6.42 Å². The summed E-state index contributed by atoms with van der Waals surface area (Å²) in [6, 6.07) is -0.999. The molecule has 3 saturated heterocycles. The number of nitrogens with one attached hydrogen (secondary N) is 1. The summed E-state index contributed by atoms with van der Waals surface area (Å²) < 4.78 is 34.5. The standard InChI is InChI=1S/C99H185NO18/c1-3-5-7-9-11-13-15-17-19-21-23-25-27-29-31-33-35-37-38-39-40-41-42-43-44-45-47-49-51-53-55-57-59-61-63-65-67-69-71-73-75-77-87(105)100-82(83(104)76-74-72-70-68-66-64-62-60-58-56-54-52-50-48-46-36-34-32-30-28-26-24-22-20-18-16-14-12-10-8-6-4-2)81-113-97-93(111)90(108)95(85(79-102)115-97)118-99-94(112)91(109)96(86(80-103)116-99)117-98-92(110)89(107)88(106)84(78-101)114-98/h21,23,58,60,66,68,74,76,82-86,88-99,101-104,106-112H,3-20,22,24-57,59,61-65,67,69-73,75,77-81H2,1-2H3,(H,100,105)/b23-21-,60-58+,68-66+,76-74+. The van der Waals surface area contributed by atoms with Crippen LogP contribution in [0.15, 0.2) is 48.6 Å². The predicted octanol–water partition coefficient (Wildman–Crippen LogP) is 20.7. The second-order valence-electron chi connectivity index (χ2n) is 35.6. The largest absolute Gasteiger partial charge is 0.394 e. The third-order valence-electron chi connectivity index (χ3n) is 24.8. The minimum Gasteiger partial charge on any atom is -0.394 e. The van der Waals surface area contributed by atoms with Crippen LogP contribution in [0.4, 0.5) is 0 Å². The maximum Gasteiger partial charge on any atom is 0.220 e. The fourth-order valence-corrected chi connectivity index (χ4v) is 16.9. The number of hydrogen-bond acceptors (Lipinski definition) is 18. The Balaban J connectivity index is 1.29. The van der Waals surface area contributed by atoms with Crippen molar-refractivity contribution in [1.29, 1.82) is 0 Å². The van der Waals surface area contributed by atoms with E-state index in [4.69, 9.17) is 28.4 Å². The SMILES string of the molecule is CCCCCCCCCC/C=C\CCCCCCCCCCCCCCCCCCCCCCCCCCCCCCCC(=O)NC(COC1OC(CO)C(OC2OC(CO)C(OC3OC(CO)C(O)C(O)C3O)C(O)C2O)C(O)C1O)C(O)/C=C/CC/C=C/CC/C=C/CCCCCCCCCCCCCCCCCCCCCCCC. The first-order valence-corrected chi connectivity index (χ1v) is 49.9. The average Bonchev–Trinajstić information content (AvgIpc) is 0.777. The normalized spacial score (nSPS) is 24.4. The Morgan fingerprint density at radius 3 is 0.847 bits per heavy atom. The lowest BCUT2D eigenvalue weighted by molar-refractivity contribution is -0.379. The van der Waals surface area contributed by atoms with E-state index in [9.17, 15) is 61.0 Å². The number of ether oxygens (including phenoxy) is 6. The van der Waals surface area contributed by atoms with Gasteiger partial charge < -0.3 is 89.9 Å². The first kappa shape index (κ1) is 110. The molecule has 118 heavy (non-hydrogen) atoms. The molecule has 17 unspecified atom stereocenters. The van der Waals surface area contributed by atoms with Crippen molar-refractivity contribution in [2.75, 3.05) is 26.4 Å². The second kappa shape index (κ2) is 78.2. The summed E-state index contributed by atoms with van der Waals surface area (Å²) in [6.07, 6.45) is 77.4. The van der Waals surface area contributed by atoms with Crippen LogP contribution in [0.2, 0.25) is 0 Å². The molecule has 0 aromatic carbocycles. The smallest absolute Gasteiger partial charge is 0.220 e. The van der Waals surface area contributed by atoms with Crippen LogP contribution < -0.4 is 5.32 Å². The molecule has 3 fully saturated rings. The van der Waals surface area contributed by atoms with Gasteiger partial charge in [0.25, 0.3) is 0 Å². The molecule has 17 atom stereocenters. The number of aliphatic hydroxyl groups excluding tert-OH is 11. The van der Waals surface area contributed by atoms with E-state index >= 15 is 0 Å². The topological polar surface area (TPSA) is 307 Å². The highest BCUT2D eigenvalue weighted by Gasteiger charge is 2.54. The van der Waals surface area contributed by atoms with Crippen molar-refractivity contribution in [3.8, 4) is 0 Å². The molecule has 694 valence electrons. The third-order valence-corrected chi connectivity index (χ3v) is 24.8. The van der Waals surface area contributed by atoms with Crippen molar-refractivity contribution in [1.82, 2.24) is 5.32 Å². The maximum atomic E-state index is 13.5. The summed E-state index contributed by atoms with van der Waals surface area (Å²) in [7, 11) is 0. The van der Waals surface area contributed by atoms with Crippen LogP contribution in [0.3, 0.4) is 0 Å².